The molecule has 0 unspecified atom stereocenters. The molecule has 0 radical (unpaired) electrons. The zero-order chi connectivity index (χ0) is 27.2. The van der Waals surface area contributed by atoms with Gasteiger partial charge in [0.2, 0.25) is 5.95 Å². The Labute approximate surface area is 220 Å². The third-order valence-electron chi connectivity index (χ3n) is 6.84. The third kappa shape index (κ3) is 5.34. The number of tetrazole rings is 1. The first kappa shape index (κ1) is 26.0. The molecule has 2 N–H and O–H groups in total. The van der Waals surface area contributed by atoms with Gasteiger partial charge in [-0.3, -0.25) is 0 Å². The van der Waals surface area contributed by atoms with E-state index in [-0.39, 0.29) is 35.0 Å². The van der Waals surface area contributed by atoms with E-state index in [1.165, 1.54) is 13.2 Å². The Morgan fingerprint density at radius 1 is 1.18 bits per heavy atom. The van der Waals surface area contributed by atoms with E-state index < -0.39 is 11.5 Å². The summed E-state index contributed by atoms with van der Waals surface area (Å²) in [5.74, 6) is 0.406. The van der Waals surface area contributed by atoms with Crippen LogP contribution in [-0.2, 0) is 11.8 Å². The van der Waals surface area contributed by atoms with Crippen molar-refractivity contribution in [3.63, 3.8) is 0 Å². The number of ether oxygens (including phenoxy) is 2. The van der Waals surface area contributed by atoms with Gasteiger partial charge in [0, 0.05) is 36.9 Å². The van der Waals surface area contributed by atoms with Gasteiger partial charge < -0.3 is 25.0 Å². The lowest BCUT2D eigenvalue weighted by Crippen LogP contribution is -2.62. The minimum atomic E-state index is -0.495. The maximum Gasteiger partial charge on any atom is 0.368 e. The van der Waals surface area contributed by atoms with Gasteiger partial charge in [-0.15, -0.1) is 0 Å². The number of nitrogens with zero attached hydrogens (tertiary/aromatic N) is 7. The van der Waals surface area contributed by atoms with Crippen molar-refractivity contribution in [1.82, 2.24) is 35.1 Å². The molecule has 0 aliphatic carbocycles. The number of hydrogen-bond donors (Lipinski definition) is 2. The fourth-order valence-corrected chi connectivity index (χ4v) is 5.30. The van der Waals surface area contributed by atoms with Crippen LogP contribution in [0.2, 0.25) is 0 Å². The van der Waals surface area contributed by atoms with E-state index in [1.54, 1.807) is 18.2 Å². The van der Waals surface area contributed by atoms with E-state index in [0.29, 0.717) is 30.3 Å². The summed E-state index contributed by atoms with van der Waals surface area (Å²) in [5.41, 5.74) is 0.342. The molecule has 0 spiro atoms. The van der Waals surface area contributed by atoms with E-state index in [4.69, 9.17) is 9.47 Å². The molecule has 0 atom stereocenters. The summed E-state index contributed by atoms with van der Waals surface area (Å²) in [5, 5.41) is 14.5. The molecule has 0 saturated carbocycles. The van der Waals surface area contributed by atoms with Crippen molar-refractivity contribution in [3.8, 4) is 11.4 Å². The number of aryl methyl sites for hydroxylation is 1. The molecule has 0 amide bonds. The van der Waals surface area contributed by atoms with Gasteiger partial charge in [0.25, 0.3) is 0 Å². The van der Waals surface area contributed by atoms with Gasteiger partial charge >= 0.3 is 5.69 Å². The Morgan fingerprint density at radius 3 is 2.50 bits per heavy atom. The molecule has 3 aromatic rings. The maximum atomic E-state index is 15.0. The van der Waals surface area contributed by atoms with Gasteiger partial charge in [-0.25, -0.2) is 14.2 Å². The number of halogens is 1. The van der Waals surface area contributed by atoms with E-state index in [2.05, 4.69) is 58.7 Å². The molecule has 0 bridgehead atoms. The molecule has 1 aromatic carbocycles. The normalized spacial score (nSPS) is 19.1. The van der Waals surface area contributed by atoms with Crippen molar-refractivity contribution in [3.05, 3.63) is 40.7 Å². The SMILES string of the molecule is CN(c1nc(Nc2ccc(OC3COC3)c(-n3nnn(C)c3=O)c2)ncc1F)C1CC(C)(C)NC(C)(C)C1. The van der Waals surface area contributed by atoms with Gasteiger partial charge in [0.15, 0.2) is 11.6 Å². The Morgan fingerprint density at radius 2 is 1.89 bits per heavy atom. The van der Waals surface area contributed by atoms with Crippen LogP contribution >= 0.6 is 0 Å². The van der Waals surface area contributed by atoms with Crippen molar-refractivity contribution in [2.75, 3.05) is 30.5 Å². The second kappa shape index (κ2) is 9.62. The van der Waals surface area contributed by atoms with E-state index in [9.17, 15) is 9.18 Å². The van der Waals surface area contributed by atoms with Gasteiger partial charge in [-0.05, 0) is 69.2 Å². The molecule has 4 heterocycles. The minimum Gasteiger partial charge on any atom is -0.483 e. The number of rotatable bonds is 7. The molecule has 2 aliphatic heterocycles. The second-order valence-corrected chi connectivity index (χ2v) is 11.3. The summed E-state index contributed by atoms with van der Waals surface area (Å²) >= 11 is 0. The van der Waals surface area contributed by atoms with E-state index >= 15 is 0 Å². The minimum absolute atomic E-state index is 0.0838. The number of benzene rings is 1. The quantitative estimate of drug-likeness (QED) is 0.472. The average Bonchev–Trinajstić information content (AvgIpc) is 3.13. The first-order chi connectivity index (χ1) is 17.9. The lowest BCUT2D eigenvalue weighted by Gasteiger charge is -2.49. The molecule has 2 fully saturated rings. The third-order valence-corrected chi connectivity index (χ3v) is 6.84. The predicted molar refractivity (Wildman–Crippen MR) is 140 cm³/mol. The molecule has 12 nitrogen and oxygen atoms in total. The fraction of sp³-hybridized carbons (Fsp3) is 0.560. The highest BCUT2D eigenvalue weighted by molar-refractivity contribution is 5.63. The first-order valence-corrected chi connectivity index (χ1v) is 12.6. The van der Waals surface area contributed by atoms with Crippen molar-refractivity contribution in [2.45, 2.75) is 63.8 Å². The number of piperidine rings is 1. The standard InChI is InChI=1S/C25H34FN9O3/c1-24(2)10-16(11-25(3,4)30-24)33(5)21-18(26)12-27-22(29-21)28-15-7-8-20(38-17-13-37-14-17)19(9-15)35-23(36)34(6)31-32-35/h7-9,12,16-17,30H,10-11,13-14H2,1-6H3,(H,27,28,29). The van der Waals surface area contributed by atoms with E-state index in [0.717, 1.165) is 22.2 Å². The van der Waals surface area contributed by atoms with Crippen LogP contribution in [0.4, 0.5) is 21.8 Å². The number of nitrogens with one attached hydrogen (secondary N) is 2. The monoisotopic (exact) mass is 527 g/mol. The molecule has 13 heteroatoms. The predicted octanol–water partition coefficient (Wildman–Crippen LogP) is 2.16. The van der Waals surface area contributed by atoms with Crippen LogP contribution in [0, 0.1) is 5.82 Å². The molecule has 2 aliphatic rings. The highest BCUT2D eigenvalue weighted by Crippen LogP contribution is 2.34. The topological polar surface area (TPSA) is 124 Å². The lowest BCUT2D eigenvalue weighted by atomic mass is 9.79. The van der Waals surface area contributed by atoms with Crippen LogP contribution < -0.4 is 26.0 Å². The molecule has 5 rings (SSSR count). The summed E-state index contributed by atoms with van der Waals surface area (Å²) in [7, 11) is 3.38. The van der Waals surface area contributed by atoms with Gasteiger partial charge in [0.1, 0.15) is 17.5 Å². The van der Waals surface area contributed by atoms with Crippen LogP contribution in [0.3, 0.4) is 0 Å². The van der Waals surface area contributed by atoms with Crippen LogP contribution in [0.1, 0.15) is 40.5 Å². The zero-order valence-corrected chi connectivity index (χ0v) is 22.5. The lowest BCUT2D eigenvalue weighted by molar-refractivity contribution is -0.0797. The number of hydrogen-bond acceptors (Lipinski definition) is 10. The maximum absolute atomic E-state index is 15.0. The summed E-state index contributed by atoms with van der Waals surface area (Å²) in [6.07, 6.45) is 2.73. The molecule has 2 aromatic heterocycles. The number of aromatic nitrogens is 6. The Hall–Kier alpha value is -3.58. The molecule has 204 valence electrons. The highest BCUT2D eigenvalue weighted by Gasteiger charge is 2.40. The largest absolute Gasteiger partial charge is 0.483 e. The van der Waals surface area contributed by atoms with Crippen molar-refractivity contribution in [2.24, 2.45) is 7.05 Å². The molecule has 38 heavy (non-hydrogen) atoms. The second-order valence-electron chi connectivity index (χ2n) is 11.3. The summed E-state index contributed by atoms with van der Waals surface area (Å²) in [6.45, 7) is 9.57. The Kier molecular flexibility index (Phi) is 6.59. The van der Waals surface area contributed by atoms with Crippen LogP contribution in [-0.4, -0.2) is 73.2 Å². The van der Waals surface area contributed by atoms with Crippen molar-refractivity contribution < 1.29 is 13.9 Å². The summed E-state index contributed by atoms with van der Waals surface area (Å²) < 4.78 is 28.4. The highest BCUT2D eigenvalue weighted by atomic mass is 19.1. The zero-order valence-electron chi connectivity index (χ0n) is 22.5. The van der Waals surface area contributed by atoms with Crippen LogP contribution in [0.25, 0.3) is 5.69 Å². The van der Waals surface area contributed by atoms with Crippen molar-refractivity contribution >= 4 is 17.5 Å². The average molecular weight is 528 g/mol. The molecular formula is C25H34FN9O3. The first-order valence-electron chi connectivity index (χ1n) is 12.6. The summed E-state index contributed by atoms with van der Waals surface area (Å²) in [6, 6.07) is 5.28. The molecule has 2 saturated heterocycles. The number of anilines is 3. The van der Waals surface area contributed by atoms with Gasteiger partial charge in [0.05, 0.1) is 19.4 Å². The van der Waals surface area contributed by atoms with E-state index in [1.807, 2.05) is 11.9 Å². The Balaban J connectivity index is 1.43. The Bertz CT molecular complexity index is 1370. The van der Waals surface area contributed by atoms with Gasteiger partial charge in [-0.2, -0.15) is 14.3 Å². The van der Waals surface area contributed by atoms with Crippen LogP contribution in [0.15, 0.2) is 29.2 Å². The van der Waals surface area contributed by atoms with Crippen molar-refractivity contribution in [1.29, 1.82) is 0 Å². The van der Waals surface area contributed by atoms with Gasteiger partial charge in [-0.1, -0.05) is 0 Å². The van der Waals surface area contributed by atoms with Crippen LogP contribution in [0.5, 0.6) is 5.75 Å². The molecular weight excluding hydrogens is 493 g/mol. The summed E-state index contributed by atoms with van der Waals surface area (Å²) in [4.78, 5) is 23.1. The fourth-order valence-electron chi connectivity index (χ4n) is 5.30. The smallest absolute Gasteiger partial charge is 0.368 e.